The molecule has 0 aliphatic rings. The van der Waals surface area contributed by atoms with Gasteiger partial charge in [-0.3, -0.25) is 9.11 Å². The van der Waals surface area contributed by atoms with E-state index in [1.807, 2.05) is 0 Å². The number of nitrogens with one attached hydrogen (secondary N) is 1. The SMILES string of the molecule is O=S(=O)(O)c1c(Nc2nc(F)nc(F)n2)cc2ccccc2c1S(=O)(=O)O. The Morgan fingerprint density at radius 3 is 1.96 bits per heavy atom. The Kier molecular flexibility index (Phi) is 4.51. The molecular formula is C13H8F2N4O6S2. The van der Waals surface area contributed by atoms with Crippen molar-refractivity contribution < 1.29 is 34.7 Å². The van der Waals surface area contributed by atoms with E-state index in [-0.39, 0.29) is 10.8 Å². The van der Waals surface area contributed by atoms with Gasteiger partial charge in [-0.2, -0.15) is 40.6 Å². The zero-order chi connectivity index (χ0) is 20.0. The molecule has 0 aliphatic carbocycles. The molecule has 3 N–H and O–H groups in total. The van der Waals surface area contributed by atoms with E-state index < -0.39 is 53.8 Å². The van der Waals surface area contributed by atoms with E-state index in [1.54, 1.807) is 0 Å². The van der Waals surface area contributed by atoms with Gasteiger partial charge in [-0.25, -0.2) is 0 Å². The average molecular weight is 418 g/mol. The Morgan fingerprint density at radius 2 is 1.41 bits per heavy atom. The third-order valence-electron chi connectivity index (χ3n) is 3.30. The molecule has 0 fully saturated rings. The first kappa shape index (κ1) is 19.0. The molecule has 0 atom stereocenters. The summed E-state index contributed by atoms with van der Waals surface area (Å²) in [4.78, 5) is 6.48. The predicted molar refractivity (Wildman–Crippen MR) is 86.6 cm³/mol. The summed E-state index contributed by atoms with van der Waals surface area (Å²) < 4.78 is 92.6. The second-order valence-electron chi connectivity index (χ2n) is 5.08. The molecule has 142 valence electrons. The number of rotatable bonds is 4. The van der Waals surface area contributed by atoms with Gasteiger partial charge in [0, 0.05) is 5.39 Å². The summed E-state index contributed by atoms with van der Waals surface area (Å²) in [5.41, 5.74) is -0.645. The Balaban J connectivity index is 2.41. The third kappa shape index (κ3) is 3.82. The van der Waals surface area contributed by atoms with Gasteiger partial charge < -0.3 is 5.32 Å². The Morgan fingerprint density at radius 1 is 0.852 bits per heavy atom. The number of benzene rings is 2. The van der Waals surface area contributed by atoms with Crippen LogP contribution in [0.2, 0.25) is 0 Å². The summed E-state index contributed by atoms with van der Waals surface area (Å²) in [5, 5.41) is 2.01. The molecule has 0 amide bonds. The van der Waals surface area contributed by atoms with Crippen LogP contribution in [-0.2, 0) is 20.2 Å². The standard InChI is InChI=1S/C13H8F2N4O6S2/c14-11-17-12(15)19-13(18-11)16-8-5-6-3-1-2-4-7(6)9(26(20,21)22)10(8)27(23,24)25/h1-5H,(H,20,21,22)(H,23,24,25)(H,16,17,18,19). The molecule has 0 unspecified atom stereocenters. The number of anilines is 2. The van der Waals surface area contributed by atoms with E-state index in [1.165, 1.54) is 24.3 Å². The van der Waals surface area contributed by atoms with Crippen LogP contribution in [0.15, 0.2) is 40.1 Å². The molecule has 10 nitrogen and oxygen atoms in total. The van der Waals surface area contributed by atoms with Gasteiger partial charge in [0.2, 0.25) is 5.95 Å². The van der Waals surface area contributed by atoms with Crippen molar-refractivity contribution in [1.82, 2.24) is 15.0 Å². The maximum atomic E-state index is 13.1. The minimum Gasteiger partial charge on any atom is -0.323 e. The van der Waals surface area contributed by atoms with Crippen LogP contribution >= 0.6 is 0 Å². The van der Waals surface area contributed by atoms with Crippen LogP contribution in [0.1, 0.15) is 0 Å². The molecule has 27 heavy (non-hydrogen) atoms. The number of hydrogen-bond donors (Lipinski definition) is 3. The molecule has 0 bridgehead atoms. The van der Waals surface area contributed by atoms with Gasteiger partial charge in [-0.15, -0.1) is 0 Å². The molecule has 14 heteroatoms. The highest BCUT2D eigenvalue weighted by Crippen LogP contribution is 2.37. The van der Waals surface area contributed by atoms with E-state index in [0.29, 0.717) is 0 Å². The van der Waals surface area contributed by atoms with Crippen molar-refractivity contribution in [3.05, 3.63) is 42.5 Å². The molecule has 0 aliphatic heterocycles. The van der Waals surface area contributed by atoms with Crippen molar-refractivity contribution in [3.63, 3.8) is 0 Å². The molecule has 0 radical (unpaired) electrons. The summed E-state index contributed by atoms with van der Waals surface area (Å²) in [7, 11) is -10.4. The number of hydrogen-bond acceptors (Lipinski definition) is 8. The molecule has 0 saturated carbocycles. The van der Waals surface area contributed by atoms with Gasteiger partial charge in [0.05, 0.1) is 5.69 Å². The largest absolute Gasteiger partial charge is 0.323 e. The van der Waals surface area contributed by atoms with Crippen molar-refractivity contribution in [2.75, 3.05) is 5.32 Å². The quantitative estimate of drug-likeness (QED) is 0.530. The molecular weight excluding hydrogens is 410 g/mol. The van der Waals surface area contributed by atoms with Crippen LogP contribution in [0, 0.1) is 12.2 Å². The highest BCUT2D eigenvalue weighted by molar-refractivity contribution is 7.89. The van der Waals surface area contributed by atoms with Crippen LogP contribution in [-0.4, -0.2) is 40.9 Å². The van der Waals surface area contributed by atoms with Crippen molar-refractivity contribution in [1.29, 1.82) is 0 Å². The smallest absolute Gasteiger partial charge is 0.315 e. The van der Waals surface area contributed by atoms with Crippen LogP contribution in [0.4, 0.5) is 20.4 Å². The van der Waals surface area contributed by atoms with Crippen molar-refractivity contribution >= 4 is 42.6 Å². The van der Waals surface area contributed by atoms with Crippen molar-refractivity contribution in [2.24, 2.45) is 0 Å². The lowest BCUT2D eigenvalue weighted by molar-refractivity contribution is 0.457. The van der Waals surface area contributed by atoms with Gasteiger partial charge in [0.25, 0.3) is 20.2 Å². The van der Waals surface area contributed by atoms with E-state index in [0.717, 1.165) is 6.07 Å². The molecule has 0 saturated heterocycles. The highest BCUT2D eigenvalue weighted by atomic mass is 32.2. The molecule has 3 rings (SSSR count). The van der Waals surface area contributed by atoms with Crippen molar-refractivity contribution in [3.8, 4) is 0 Å². The molecule has 0 spiro atoms. The summed E-state index contributed by atoms with van der Waals surface area (Å²) in [6.07, 6.45) is -3.07. The van der Waals surface area contributed by atoms with Gasteiger partial charge in [0.1, 0.15) is 9.79 Å². The Labute approximate surface area is 150 Å². The minimum absolute atomic E-state index is 0.120. The third-order valence-corrected chi connectivity index (χ3v) is 5.31. The fourth-order valence-electron chi connectivity index (χ4n) is 2.40. The van der Waals surface area contributed by atoms with E-state index in [4.69, 9.17) is 0 Å². The summed E-state index contributed by atoms with van der Waals surface area (Å²) in [6.45, 7) is 0. The van der Waals surface area contributed by atoms with Gasteiger partial charge in [-0.1, -0.05) is 24.3 Å². The lowest BCUT2D eigenvalue weighted by Crippen LogP contribution is -2.13. The highest BCUT2D eigenvalue weighted by Gasteiger charge is 2.30. The van der Waals surface area contributed by atoms with Gasteiger partial charge in [0.15, 0.2) is 0 Å². The summed E-state index contributed by atoms with van der Waals surface area (Å²) in [6, 6.07) is 6.48. The minimum atomic E-state index is -5.24. The van der Waals surface area contributed by atoms with Crippen LogP contribution in [0.3, 0.4) is 0 Å². The fourth-order valence-corrected chi connectivity index (χ4v) is 4.57. The van der Waals surface area contributed by atoms with Crippen LogP contribution < -0.4 is 5.32 Å². The number of halogens is 2. The van der Waals surface area contributed by atoms with Crippen LogP contribution in [0.25, 0.3) is 10.8 Å². The fraction of sp³-hybridized carbons (Fsp3) is 0. The Bertz CT molecular complexity index is 1260. The zero-order valence-corrected chi connectivity index (χ0v) is 14.5. The summed E-state index contributed by atoms with van der Waals surface area (Å²) in [5.74, 6) is -0.804. The monoisotopic (exact) mass is 418 g/mol. The lowest BCUT2D eigenvalue weighted by Gasteiger charge is -2.15. The van der Waals surface area contributed by atoms with Crippen LogP contribution in [0.5, 0.6) is 0 Å². The molecule has 1 aromatic heterocycles. The molecule has 3 aromatic rings. The Hall–Kier alpha value is -2.81. The average Bonchev–Trinajstić information content (AvgIpc) is 2.50. The zero-order valence-electron chi connectivity index (χ0n) is 12.8. The number of fused-ring (bicyclic) bond motifs is 1. The first-order valence-electron chi connectivity index (χ1n) is 6.81. The predicted octanol–water partition coefficient (Wildman–Crippen LogP) is 1.54. The summed E-state index contributed by atoms with van der Waals surface area (Å²) >= 11 is 0. The maximum Gasteiger partial charge on any atom is 0.315 e. The number of aromatic nitrogens is 3. The first-order valence-corrected chi connectivity index (χ1v) is 9.69. The number of nitrogens with zero attached hydrogens (tertiary/aromatic N) is 3. The van der Waals surface area contributed by atoms with E-state index in [2.05, 4.69) is 20.3 Å². The van der Waals surface area contributed by atoms with Crippen molar-refractivity contribution in [2.45, 2.75) is 9.79 Å². The second kappa shape index (κ2) is 6.41. The topological polar surface area (TPSA) is 159 Å². The molecule has 1 heterocycles. The lowest BCUT2D eigenvalue weighted by atomic mass is 10.1. The maximum absolute atomic E-state index is 13.1. The van der Waals surface area contributed by atoms with E-state index >= 15 is 0 Å². The van der Waals surface area contributed by atoms with Gasteiger partial charge in [-0.05, 0) is 11.5 Å². The van der Waals surface area contributed by atoms with E-state index in [9.17, 15) is 34.7 Å². The normalized spacial score (nSPS) is 12.3. The molecule has 2 aromatic carbocycles. The first-order chi connectivity index (χ1) is 12.5. The second-order valence-corrected chi connectivity index (χ2v) is 7.79. The van der Waals surface area contributed by atoms with Gasteiger partial charge >= 0.3 is 12.2 Å².